The molecule has 4 aromatic rings. The summed E-state index contributed by atoms with van der Waals surface area (Å²) in [6.45, 7) is 1.90. The predicted octanol–water partition coefficient (Wildman–Crippen LogP) is 3.72. The van der Waals surface area contributed by atoms with Crippen LogP contribution in [0.5, 0.6) is 11.5 Å². The Kier molecular flexibility index (Phi) is 4.78. The van der Waals surface area contributed by atoms with E-state index in [2.05, 4.69) is 25.6 Å². The van der Waals surface area contributed by atoms with Gasteiger partial charge in [-0.1, -0.05) is 0 Å². The van der Waals surface area contributed by atoms with Gasteiger partial charge in [-0.2, -0.15) is 4.98 Å². The number of aromatic amines is 1. The highest BCUT2D eigenvalue weighted by atomic mass is 16.5. The minimum atomic E-state index is -0.490. The number of anilines is 4. The molecule has 3 N–H and O–H groups in total. The Balaban J connectivity index is 1.61. The van der Waals surface area contributed by atoms with Gasteiger partial charge >= 0.3 is 5.76 Å². The summed E-state index contributed by atoms with van der Waals surface area (Å²) in [4.78, 5) is 22.8. The lowest BCUT2D eigenvalue weighted by Gasteiger charge is -2.12. The van der Waals surface area contributed by atoms with Crippen molar-refractivity contribution in [3.63, 3.8) is 0 Å². The maximum Gasteiger partial charge on any atom is 0.417 e. The van der Waals surface area contributed by atoms with Crippen molar-refractivity contribution in [2.45, 2.75) is 6.92 Å². The Bertz CT molecular complexity index is 1210. The summed E-state index contributed by atoms with van der Waals surface area (Å²) in [6, 6.07) is 10.7. The molecule has 9 heteroatoms. The van der Waals surface area contributed by atoms with Crippen LogP contribution in [0.25, 0.3) is 11.1 Å². The predicted molar refractivity (Wildman–Crippen MR) is 110 cm³/mol. The van der Waals surface area contributed by atoms with Crippen LogP contribution in [0.3, 0.4) is 0 Å². The summed E-state index contributed by atoms with van der Waals surface area (Å²) in [5, 5.41) is 6.40. The fourth-order valence-electron chi connectivity index (χ4n) is 2.80. The van der Waals surface area contributed by atoms with E-state index in [-0.39, 0.29) is 0 Å². The summed E-state index contributed by atoms with van der Waals surface area (Å²) in [5.41, 5.74) is 3.45. The first kappa shape index (κ1) is 18.4. The summed E-state index contributed by atoms with van der Waals surface area (Å²) in [7, 11) is 3.18. The first-order valence-electron chi connectivity index (χ1n) is 8.77. The third-order valence-corrected chi connectivity index (χ3v) is 4.26. The molecule has 4 rings (SSSR count). The molecule has 0 unspecified atom stereocenters. The smallest absolute Gasteiger partial charge is 0.417 e. The second kappa shape index (κ2) is 7.55. The van der Waals surface area contributed by atoms with Gasteiger partial charge in [0.2, 0.25) is 5.95 Å². The highest BCUT2D eigenvalue weighted by Crippen LogP contribution is 2.28. The number of H-pyrrole nitrogens is 1. The number of rotatable bonds is 6. The number of ether oxygens (including phenoxy) is 2. The van der Waals surface area contributed by atoms with Crippen LogP contribution < -0.4 is 25.9 Å². The number of benzene rings is 2. The lowest BCUT2D eigenvalue weighted by molar-refractivity contribution is 0.395. The first-order valence-corrected chi connectivity index (χ1v) is 8.77. The second-order valence-corrected chi connectivity index (χ2v) is 6.30. The van der Waals surface area contributed by atoms with Crippen molar-refractivity contribution in [1.29, 1.82) is 0 Å². The van der Waals surface area contributed by atoms with Crippen molar-refractivity contribution in [3.8, 4) is 11.5 Å². The maximum atomic E-state index is 11.3. The summed E-state index contributed by atoms with van der Waals surface area (Å²) in [6.07, 6.45) is 1.72. The largest absolute Gasteiger partial charge is 0.497 e. The number of methoxy groups -OCH3 is 2. The highest BCUT2D eigenvalue weighted by Gasteiger charge is 2.09. The lowest BCUT2D eigenvalue weighted by Crippen LogP contribution is -2.03. The van der Waals surface area contributed by atoms with Gasteiger partial charge in [0.1, 0.15) is 17.3 Å². The molecule has 2 aromatic heterocycles. The molecular weight excluding hydrogens is 374 g/mol. The Morgan fingerprint density at radius 3 is 2.48 bits per heavy atom. The van der Waals surface area contributed by atoms with Crippen molar-refractivity contribution in [2.75, 3.05) is 24.9 Å². The molecule has 0 bridgehead atoms. The lowest BCUT2D eigenvalue weighted by atomic mass is 10.2. The zero-order valence-electron chi connectivity index (χ0n) is 16.1. The van der Waals surface area contributed by atoms with Gasteiger partial charge in [-0.3, -0.25) is 4.98 Å². The van der Waals surface area contributed by atoms with E-state index < -0.39 is 5.76 Å². The number of aromatic nitrogens is 3. The number of oxazole rings is 1. The molecule has 0 spiro atoms. The van der Waals surface area contributed by atoms with Crippen molar-refractivity contribution in [1.82, 2.24) is 15.0 Å². The number of hydrogen-bond acceptors (Lipinski definition) is 8. The van der Waals surface area contributed by atoms with Crippen LogP contribution >= 0.6 is 0 Å². The van der Waals surface area contributed by atoms with Crippen LogP contribution in [0, 0.1) is 6.92 Å². The van der Waals surface area contributed by atoms with Crippen LogP contribution in [0.2, 0.25) is 0 Å². The van der Waals surface area contributed by atoms with Gasteiger partial charge in [0.25, 0.3) is 0 Å². The van der Waals surface area contributed by atoms with Gasteiger partial charge in [0.05, 0.1) is 19.7 Å². The van der Waals surface area contributed by atoms with Gasteiger partial charge in [0, 0.05) is 41.3 Å². The standard InChI is InChI=1S/C20H19N5O4/c1-11-10-21-19(23-13-6-14(27-2)9-15(7-13)28-3)25-18(11)22-12-4-5-17-16(8-12)24-20(26)29-17/h4-10H,1-3H3,(H,24,26)(H2,21,22,23,25). The molecule has 148 valence electrons. The van der Waals surface area contributed by atoms with Gasteiger partial charge in [0.15, 0.2) is 5.58 Å². The molecule has 0 aliphatic heterocycles. The first-order chi connectivity index (χ1) is 14.0. The molecule has 0 aliphatic rings. The number of nitrogens with zero attached hydrogens (tertiary/aromatic N) is 2. The van der Waals surface area contributed by atoms with E-state index in [0.717, 1.165) is 16.9 Å². The van der Waals surface area contributed by atoms with Crippen LogP contribution in [-0.4, -0.2) is 29.2 Å². The molecular formula is C20H19N5O4. The molecule has 0 atom stereocenters. The van der Waals surface area contributed by atoms with E-state index in [0.29, 0.717) is 34.4 Å². The van der Waals surface area contributed by atoms with E-state index in [1.54, 1.807) is 44.7 Å². The SMILES string of the molecule is COc1cc(Nc2ncc(C)c(Nc3ccc4oc(=O)[nH]c4c3)n2)cc(OC)c1. The number of aryl methyl sites for hydroxylation is 1. The molecule has 2 aromatic carbocycles. The number of hydrogen-bond donors (Lipinski definition) is 3. The zero-order chi connectivity index (χ0) is 20.4. The van der Waals surface area contributed by atoms with Crippen LogP contribution in [0.15, 0.2) is 51.8 Å². The summed E-state index contributed by atoms with van der Waals surface area (Å²) in [5.74, 6) is 1.85. The quantitative estimate of drug-likeness (QED) is 0.454. The van der Waals surface area contributed by atoms with E-state index in [4.69, 9.17) is 13.9 Å². The average molecular weight is 393 g/mol. The van der Waals surface area contributed by atoms with Crippen molar-refractivity contribution in [3.05, 3.63) is 58.7 Å². The van der Waals surface area contributed by atoms with Crippen molar-refractivity contribution in [2.24, 2.45) is 0 Å². The average Bonchev–Trinajstić information content (AvgIpc) is 3.09. The minimum absolute atomic E-state index is 0.409. The van der Waals surface area contributed by atoms with Crippen LogP contribution in [0.1, 0.15) is 5.56 Å². The van der Waals surface area contributed by atoms with Gasteiger partial charge in [-0.15, -0.1) is 0 Å². The van der Waals surface area contributed by atoms with Gasteiger partial charge < -0.3 is 24.5 Å². The van der Waals surface area contributed by atoms with Gasteiger partial charge in [-0.25, -0.2) is 9.78 Å². The normalized spacial score (nSPS) is 10.7. The Morgan fingerprint density at radius 1 is 1.00 bits per heavy atom. The molecule has 0 radical (unpaired) electrons. The third-order valence-electron chi connectivity index (χ3n) is 4.26. The third kappa shape index (κ3) is 3.98. The highest BCUT2D eigenvalue weighted by molar-refractivity contribution is 5.78. The van der Waals surface area contributed by atoms with E-state index in [1.807, 2.05) is 19.1 Å². The fraction of sp³-hybridized carbons (Fsp3) is 0.150. The molecule has 29 heavy (non-hydrogen) atoms. The number of fused-ring (bicyclic) bond motifs is 1. The topological polar surface area (TPSA) is 114 Å². The minimum Gasteiger partial charge on any atom is -0.497 e. The molecule has 0 saturated heterocycles. The fourth-order valence-corrected chi connectivity index (χ4v) is 2.80. The molecule has 9 nitrogen and oxygen atoms in total. The van der Waals surface area contributed by atoms with Gasteiger partial charge in [-0.05, 0) is 25.1 Å². The monoisotopic (exact) mass is 393 g/mol. The van der Waals surface area contributed by atoms with E-state index in [9.17, 15) is 4.79 Å². The zero-order valence-corrected chi connectivity index (χ0v) is 16.1. The van der Waals surface area contributed by atoms with E-state index in [1.165, 1.54) is 0 Å². The maximum absolute atomic E-state index is 11.3. The van der Waals surface area contributed by atoms with Crippen molar-refractivity contribution < 1.29 is 13.9 Å². The van der Waals surface area contributed by atoms with Crippen molar-refractivity contribution >= 4 is 34.2 Å². The number of nitrogens with one attached hydrogen (secondary N) is 3. The van der Waals surface area contributed by atoms with Crippen LogP contribution in [0.4, 0.5) is 23.1 Å². The van der Waals surface area contributed by atoms with E-state index >= 15 is 0 Å². The molecule has 2 heterocycles. The summed E-state index contributed by atoms with van der Waals surface area (Å²) < 4.78 is 15.6. The van der Waals surface area contributed by atoms with Crippen LogP contribution in [-0.2, 0) is 0 Å². The Morgan fingerprint density at radius 2 is 1.76 bits per heavy atom. The second-order valence-electron chi connectivity index (χ2n) is 6.30. The molecule has 0 fully saturated rings. The Hall–Kier alpha value is -4.01. The Labute approximate surface area is 165 Å². The summed E-state index contributed by atoms with van der Waals surface area (Å²) >= 11 is 0. The molecule has 0 saturated carbocycles. The molecule has 0 amide bonds. The molecule has 0 aliphatic carbocycles.